The van der Waals surface area contributed by atoms with E-state index in [4.69, 9.17) is 4.74 Å². The van der Waals surface area contributed by atoms with Gasteiger partial charge in [-0.1, -0.05) is 30.3 Å². The zero-order valence-corrected chi connectivity index (χ0v) is 12.5. The Morgan fingerprint density at radius 3 is 2.36 bits per heavy atom. The summed E-state index contributed by atoms with van der Waals surface area (Å²) < 4.78 is 5.37. The lowest BCUT2D eigenvalue weighted by molar-refractivity contribution is -0.921. The fourth-order valence-electron chi connectivity index (χ4n) is 2.62. The van der Waals surface area contributed by atoms with Gasteiger partial charge in [-0.15, -0.1) is 0 Å². The second-order valence-corrected chi connectivity index (χ2v) is 5.56. The van der Waals surface area contributed by atoms with Crippen LogP contribution in [0, 0.1) is 0 Å². The molecule has 3 rings (SSSR count). The topological polar surface area (TPSA) is 42.8 Å². The van der Waals surface area contributed by atoms with Crippen LogP contribution in [0.1, 0.15) is 15.9 Å². The van der Waals surface area contributed by atoms with E-state index in [9.17, 15) is 4.79 Å². The Labute approximate surface area is 130 Å². The number of carbonyl (C=O) groups excluding carboxylic acids is 1. The Balaban J connectivity index is 1.59. The van der Waals surface area contributed by atoms with Crippen LogP contribution >= 0.6 is 0 Å². The van der Waals surface area contributed by atoms with Crippen molar-refractivity contribution < 1.29 is 14.4 Å². The normalized spacial score (nSPS) is 15.5. The SMILES string of the molecule is O=C(Nc1ccccc1)c1ccc(C[NH+]2CCOCC2)cc1. The van der Waals surface area contributed by atoms with Gasteiger partial charge in [-0.25, -0.2) is 0 Å². The molecule has 1 heterocycles. The van der Waals surface area contributed by atoms with Gasteiger partial charge >= 0.3 is 0 Å². The Hall–Kier alpha value is -2.17. The van der Waals surface area contributed by atoms with Gasteiger partial charge in [-0.05, 0) is 24.3 Å². The number of hydrogen-bond acceptors (Lipinski definition) is 2. The predicted molar refractivity (Wildman–Crippen MR) is 86.1 cm³/mol. The maximum Gasteiger partial charge on any atom is 0.255 e. The fraction of sp³-hybridized carbons (Fsp3) is 0.278. The van der Waals surface area contributed by atoms with Crippen LogP contribution in [0.4, 0.5) is 5.69 Å². The van der Waals surface area contributed by atoms with Crippen LogP contribution in [0.3, 0.4) is 0 Å². The fourth-order valence-corrected chi connectivity index (χ4v) is 2.62. The molecule has 1 saturated heterocycles. The highest BCUT2D eigenvalue weighted by Gasteiger charge is 2.14. The maximum atomic E-state index is 12.2. The zero-order chi connectivity index (χ0) is 15.2. The molecule has 2 aromatic rings. The number of nitrogens with one attached hydrogen (secondary N) is 2. The summed E-state index contributed by atoms with van der Waals surface area (Å²) in [7, 11) is 0. The van der Waals surface area contributed by atoms with Gasteiger partial charge in [-0.2, -0.15) is 0 Å². The molecule has 0 aromatic heterocycles. The third kappa shape index (κ3) is 3.93. The molecular formula is C18H21N2O2+. The smallest absolute Gasteiger partial charge is 0.255 e. The number of rotatable bonds is 4. The number of quaternary nitrogens is 1. The molecule has 4 nitrogen and oxygen atoms in total. The van der Waals surface area contributed by atoms with E-state index in [1.807, 2.05) is 54.6 Å². The number of morpholine rings is 1. The van der Waals surface area contributed by atoms with Crippen LogP contribution in [-0.4, -0.2) is 32.2 Å². The number of anilines is 1. The van der Waals surface area contributed by atoms with Crippen molar-refractivity contribution in [2.45, 2.75) is 6.54 Å². The second kappa shape index (κ2) is 7.20. The first-order chi connectivity index (χ1) is 10.8. The lowest BCUT2D eigenvalue weighted by atomic mass is 10.1. The number of hydrogen-bond donors (Lipinski definition) is 2. The Bertz CT molecular complexity index is 605. The average molecular weight is 297 g/mol. The maximum absolute atomic E-state index is 12.2. The van der Waals surface area contributed by atoms with Crippen molar-refractivity contribution in [3.05, 3.63) is 65.7 Å². The van der Waals surface area contributed by atoms with Gasteiger partial charge < -0.3 is 15.0 Å². The van der Waals surface area contributed by atoms with Crippen LogP contribution in [0.25, 0.3) is 0 Å². The minimum atomic E-state index is -0.0727. The van der Waals surface area contributed by atoms with Gasteiger partial charge in [0.25, 0.3) is 5.91 Å². The van der Waals surface area contributed by atoms with Crippen molar-refractivity contribution in [3.8, 4) is 0 Å². The molecule has 22 heavy (non-hydrogen) atoms. The van der Waals surface area contributed by atoms with E-state index in [1.54, 1.807) is 0 Å². The summed E-state index contributed by atoms with van der Waals surface area (Å²) in [6.07, 6.45) is 0. The first-order valence-electron chi connectivity index (χ1n) is 7.68. The average Bonchev–Trinajstić information content (AvgIpc) is 2.57. The van der Waals surface area contributed by atoms with Crippen molar-refractivity contribution in [3.63, 3.8) is 0 Å². The van der Waals surface area contributed by atoms with Crippen LogP contribution in [0.2, 0.25) is 0 Å². The molecule has 0 unspecified atom stereocenters. The second-order valence-electron chi connectivity index (χ2n) is 5.56. The van der Waals surface area contributed by atoms with Crippen molar-refractivity contribution in [2.75, 3.05) is 31.6 Å². The van der Waals surface area contributed by atoms with Gasteiger partial charge in [0.2, 0.25) is 0 Å². The molecule has 2 aromatic carbocycles. The van der Waals surface area contributed by atoms with E-state index in [2.05, 4.69) is 5.32 Å². The summed E-state index contributed by atoms with van der Waals surface area (Å²) in [5, 5.41) is 2.90. The van der Waals surface area contributed by atoms with E-state index >= 15 is 0 Å². The number of ether oxygens (including phenoxy) is 1. The molecule has 0 radical (unpaired) electrons. The predicted octanol–water partition coefficient (Wildman–Crippen LogP) is 1.35. The van der Waals surface area contributed by atoms with Crippen LogP contribution in [0.15, 0.2) is 54.6 Å². The minimum Gasteiger partial charge on any atom is -0.370 e. The lowest BCUT2D eigenvalue weighted by Gasteiger charge is -2.23. The number of amides is 1. The van der Waals surface area contributed by atoms with Crippen molar-refractivity contribution in [1.82, 2.24) is 0 Å². The number of carbonyl (C=O) groups is 1. The van der Waals surface area contributed by atoms with Gasteiger partial charge in [-0.3, -0.25) is 4.79 Å². The molecule has 114 valence electrons. The first-order valence-corrected chi connectivity index (χ1v) is 7.68. The summed E-state index contributed by atoms with van der Waals surface area (Å²) >= 11 is 0. The van der Waals surface area contributed by atoms with E-state index < -0.39 is 0 Å². The molecule has 0 bridgehead atoms. The molecule has 0 spiro atoms. The summed E-state index contributed by atoms with van der Waals surface area (Å²) in [6, 6.07) is 17.4. The van der Waals surface area contributed by atoms with E-state index in [1.165, 1.54) is 10.5 Å². The van der Waals surface area contributed by atoms with Crippen LogP contribution in [0.5, 0.6) is 0 Å². The Morgan fingerprint density at radius 1 is 1.00 bits per heavy atom. The molecule has 1 amide bonds. The van der Waals surface area contributed by atoms with Gasteiger partial charge in [0.05, 0.1) is 13.2 Å². The summed E-state index contributed by atoms with van der Waals surface area (Å²) in [6.45, 7) is 4.77. The van der Waals surface area contributed by atoms with Gasteiger partial charge in [0.1, 0.15) is 19.6 Å². The molecule has 4 heteroatoms. The standard InChI is InChI=1S/C18H20N2O2/c21-18(19-17-4-2-1-3-5-17)16-8-6-15(7-9-16)14-20-10-12-22-13-11-20/h1-9H,10-14H2,(H,19,21)/p+1. The van der Waals surface area contributed by atoms with Crippen molar-refractivity contribution >= 4 is 11.6 Å². The monoisotopic (exact) mass is 297 g/mol. The molecule has 2 N–H and O–H groups in total. The quantitative estimate of drug-likeness (QED) is 0.895. The largest absolute Gasteiger partial charge is 0.370 e. The molecular weight excluding hydrogens is 276 g/mol. The van der Waals surface area contributed by atoms with Crippen molar-refractivity contribution in [2.24, 2.45) is 0 Å². The third-order valence-corrected chi connectivity index (χ3v) is 3.90. The summed E-state index contributed by atoms with van der Waals surface area (Å²) in [5.74, 6) is -0.0727. The molecule has 0 atom stereocenters. The molecule has 1 fully saturated rings. The Morgan fingerprint density at radius 2 is 1.68 bits per heavy atom. The van der Waals surface area contributed by atoms with E-state index in [-0.39, 0.29) is 5.91 Å². The number of para-hydroxylation sites is 1. The van der Waals surface area contributed by atoms with E-state index in [0.717, 1.165) is 38.5 Å². The zero-order valence-electron chi connectivity index (χ0n) is 12.5. The summed E-state index contributed by atoms with van der Waals surface area (Å²) in [5.41, 5.74) is 2.76. The summed E-state index contributed by atoms with van der Waals surface area (Å²) in [4.78, 5) is 13.7. The molecule has 0 aliphatic carbocycles. The third-order valence-electron chi connectivity index (χ3n) is 3.90. The highest BCUT2D eigenvalue weighted by Crippen LogP contribution is 2.09. The number of benzene rings is 2. The van der Waals surface area contributed by atoms with Crippen LogP contribution < -0.4 is 10.2 Å². The first kappa shape index (κ1) is 14.8. The van der Waals surface area contributed by atoms with Crippen molar-refractivity contribution in [1.29, 1.82) is 0 Å². The van der Waals surface area contributed by atoms with Gasteiger partial charge in [0, 0.05) is 16.8 Å². The lowest BCUT2D eigenvalue weighted by Crippen LogP contribution is -3.12. The minimum absolute atomic E-state index is 0.0727. The van der Waals surface area contributed by atoms with Crippen LogP contribution in [-0.2, 0) is 11.3 Å². The van der Waals surface area contributed by atoms with Gasteiger partial charge in [0.15, 0.2) is 0 Å². The highest BCUT2D eigenvalue weighted by molar-refractivity contribution is 6.04. The highest BCUT2D eigenvalue weighted by atomic mass is 16.5. The molecule has 1 aliphatic heterocycles. The Kier molecular flexibility index (Phi) is 4.83. The molecule has 0 saturated carbocycles. The molecule has 1 aliphatic rings. The van der Waals surface area contributed by atoms with E-state index in [0.29, 0.717) is 5.56 Å².